The molecule has 5 heteroatoms. The average Bonchev–Trinajstić information content (AvgIpc) is 2.86. The summed E-state index contributed by atoms with van der Waals surface area (Å²) < 4.78 is 2.07. The number of carboxylic acid groups (broad SMARTS) is 1. The highest BCUT2D eigenvalue weighted by molar-refractivity contribution is 5.98. The summed E-state index contributed by atoms with van der Waals surface area (Å²) in [5, 5.41) is 9.73. The van der Waals surface area contributed by atoms with Gasteiger partial charge in [-0.2, -0.15) is 0 Å². The fourth-order valence-corrected chi connectivity index (χ4v) is 3.71. The van der Waals surface area contributed by atoms with Gasteiger partial charge in [0.15, 0.2) is 6.04 Å². The van der Waals surface area contributed by atoms with Crippen molar-refractivity contribution < 1.29 is 14.7 Å². The zero-order valence-corrected chi connectivity index (χ0v) is 14.2. The van der Waals surface area contributed by atoms with E-state index in [1.54, 1.807) is 0 Å². The van der Waals surface area contributed by atoms with E-state index in [-0.39, 0.29) is 5.91 Å². The Bertz CT molecular complexity index is 807. The summed E-state index contributed by atoms with van der Waals surface area (Å²) >= 11 is 0. The summed E-state index contributed by atoms with van der Waals surface area (Å²) in [6.45, 7) is 7.12. The van der Waals surface area contributed by atoms with E-state index in [0.29, 0.717) is 24.1 Å². The highest BCUT2D eigenvalue weighted by atomic mass is 16.4. The Morgan fingerprint density at radius 3 is 2.58 bits per heavy atom. The maximum Gasteiger partial charge on any atom is 0.331 e. The average molecular weight is 326 g/mol. The van der Waals surface area contributed by atoms with Crippen LogP contribution in [0.15, 0.2) is 30.3 Å². The fourth-order valence-electron chi connectivity index (χ4n) is 3.71. The highest BCUT2D eigenvalue weighted by Crippen LogP contribution is 2.32. The van der Waals surface area contributed by atoms with Crippen LogP contribution >= 0.6 is 0 Å². The van der Waals surface area contributed by atoms with E-state index in [2.05, 4.69) is 4.57 Å². The van der Waals surface area contributed by atoms with Gasteiger partial charge in [0, 0.05) is 24.5 Å². The first kappa shape index (κ1) is 16.3. The number of aliphatic carboxylic acids is 1. The SMILES string of the molecule is CCn1c(C)cc(C(=O)N2CCc3ccccc3C2C(=O)O)c1C. The molecule has 1 aliphatic heterocycles. The zero-order valence-electron chi connectivity index (χ0n) is 14.2. The molecule has 5 nitrogen and oxygen atoms in total. The number of carbonyl (C=O) groups excluding carboxylic acids is 1. The Labute approximate surface area is 141 Å². The van der Waals surface area contributed by atoms with Crippen LogP contribution in [0.3, 0.4) is 0 Å². The molecule has 24 heavy (non-hydrogen) atoms. The Kier molecular flexibility index (Phi) is 4.18. The Morgan fingerprint density at radius 2 is 1.96 bits per heavy atom. The number of aryl methyl sites for hydroxylation is 1. The molecule has 3 rings (SSSR count). The van der Waals surface area contributed by atoms with E-state index in [9.17, 15) is 14.7 Å². The van der Waals surface area contributed by atoms with Gasteiger partial charge in [-0.25, -0.2) is 4.79 Å². The lowest BCUT2D eigenvalue weighted by Crippen LogP contribution is -2.43. The zero-order chi connectivity index (χ0) is 17.4. The lowest BCUT2D eigenvalue weighted by Gasteiger charge is -2.34. The number of amides is 1. The Morgan fingerprint density at radius 1 is 1.25 bits per heavy atom. The number of hydrogen-bond acceptors (Lipinski definition) is 2. The molecule has 1 N–H and O–H groups in total. The fraction of sp³-hybridized carbons (Fsp3) is 0.368. The van der Waals surface area contributed by atoms with Crippen LogP contribution in [-0.2, 0) is 17.8 Å². The van der Waals surface area contributed by atoms with E-state index in [1.807, 2.05) is 51.1 Å². The van der Waals surface area contributed by atoms with Crippen LogP contribution in [0.4, 0.5) is 0 Å². The second-order valence-corrected chi connectivity index (χ2v) is 6.22. The third-order valence-electron chi connectivity index (χ3n) is 4.90. The van der Waals surface area contributed by atoms with Crippen LogP contribution in [0.1, 0.15) is 45.8 Å². The number of fused-ring (bicyclic) bond motifs is 1. The molecule has 0 fully saturated rings. The second-order valence-electron chi connectivity index (χ2n) is 6.22. The third kappa shape index (κ3) is 2.50. The maximum absolute atomic E-state index is 13.1. The van der Waals surface area contributed by atoms with Crippen LogP contribution < -0.4 is 0 Å². The predicted molar refractivity (Wildman–Crippen MR) is 91.1 cm³/mol. The van der Waals surface area contributed by atoms with Crippen molar-refractivity contribution in [2.45, 2.75) is 39.8 Å². The van der Waals surface area contributed by atoms with Gasteiger partial charge < -0.3 is 14.6 Å². The molecule has 2 aromatic rings. The molecule has 1 aliphatic rings. The molecular weight excluding hydrogens is 304 g/mol. The summed E-state index contributed by atoms with van der Waals surface area (Å²) in [4.78, 5) is 26.4. The maximum atomic E-state index is 13.1. The van der Waals surface area contributed by atoms with Gasteiger partial charge in [-0.05, 0) is 44.4 Å². The van der Waals surface area contributed by atoms with Crippen molar-refractivity contribution >= 4 is 11.9 Å². The number of benzene rings is 1. The normalized spacial score (nSPS) is 16.8. The van der Waals surface area contributed by atoms with Crippen LogP contribution in [0.25, 0.3) is 0 Å². The monoisotopic (exact) mass is 326 g/mol. The van der Waals surface area contributed by atoms with Crippen molar-refractivity contribution in [1.29, 1.82) is 0 Å². The van der Waals surface area contributed by atoms with E-state index in [4.69, 9.17) is 0 Å². The molecule has 1 unspecified atom stereocenters. The van der Waals surface area contributed by atoms with Gasteiger partial charge in [0.25, 0.3) is 5.91 Å². The van der Waals surface area contributed by atoms with Crippen molar-refractivity contribution in [3.05, 3.63) is 58.4 Å². The van der Waals surface area contributed by atoms with Crippen LogP contribution in [0.5, 0.6) is 0 Å². The van der Waals surface area contributed by atoms with Crippen LogP contribution in [-0.4, -0.2) is 33.0 Å². The number of hydrogen-bond donors (Lipinski definition) is 1. The van der Waals surface area contributed by atoms with Gasteiger partial charge in [0.05, 0.1) is 5.56 Å². The van der Waals surface area contributed by atoms with Gasteiger partial charge in [-0.15, -0.1) is 0 Å². The van der Waals surface area contributed by atoms with E-state index in [1.165, 1.54) is 4.90 Å². The summed E-state index contributed by atoms with van der Waals surface area (Å²) in [5.74, 6) is -1.19. The van der Waals surface area contributed by atoms with Gasteiger partial charge in [-0.3, -0.25) is 4.79 Å². The molecule has 126 valence electrons. The van der Waals surface area contributed by atoms with Crippen molar-refractivity contribution in [1.82, 2.24) is 9.47 Å². The minimum atomic E-state index is -0.986. The number of carbonyl (C=O) groups is 2. The van der Waals surface area contributed by atoms with Crippen LogP contribution in [0.2, 0.25) is 0 Å². The molecule has 1 amide bonds. The predicted octanol–water partition coefficient (Wildman–Crippen LogP) is 2.95. The molecule has 0 saturated carbocycles. The minimum absolute atomic E-state index is 0.204. The van der Waals surface area contributed by atoms with Crippen molar-refractivity contribution in [2.75, 3.05) is 6.54 Å². The van der Waals surface area contributed by atoms with E-state index < -0.39 is 12.0 Å². The first-order valence-corrected chi connectivity index (χ1v) is 8.24. The van der Waals surface area contributed by atoms with Crippen molar-refractivity contribution in [3.63, 3.8) is 0 Å². The molecule has 1 aromatic carbocycles. The summed E-state index contributed by atoms with van der Waals surface area (Å²) in [6, 6.07) is 8.42. The first-order chi connectivity index (χ1) is 11.5. The topological polar surface area (TPSA) is 62.5 Å². The third-order valence-corrected chi connectivity index (χ3v) is 4.90. The molecule has 2 heterocycles. The smallest absolute Gasteiger partial charge is 0.331 e. The largest absolute Gasteiger partial charge is 0.479 e. The number of rotatable bonds is 3. The number of carboxylic acids is 1. The second kappa shape index (κ2) is 6.15. The number of aromatic nitrogens is 1. The standard InChI is InChI=1S/C19H22N2O3/c1-4-20-12(2)11-16(13(20)3)18(22)21-10-9-14-7-5-6-8-15(14)17(21)19(23)24/h5-8,11,17H,4,9-10H2,1-3H3,(H,23,24). The molecular formula is C19H22N2O3. The summed E-state index contributed by atoms with van der Waals surface area (Å²) in [6.07, 6.45) is 0.679. The lowest BCUT2D eigenvalue weighted by atomic mass is 9.92. The van der Waals surface area contributed by atoms with Crippen molar-refractivity contribution in [2.24, 2.45) is 0 Å². The van der Waals surface area contributed by atoms with E-state index in [0.717, 1.165) is 23.5 Å². The van der Waals surface area contributed by atoms with Gasteiger partial charge in [-0.1, -0.05) is 24.3 Å². The van der Waals surface area contributed by atoms with E-state index >= 15 is 0 Å². The quantitative estimate of drug-likeness (QED) is 0.943. The van der Waals surface area contributed by atoms with Gasteiger partial charge in [0.2, 0.25) is 0 Å². The van der Waals surface area contributed by atoms with Crippen molar-refractivity contribution in [3.8, 4) is 0 Å². The Hall–Kier alpha value is -2.56. The van der Waals surface area contributed by atoms with Crippen LogP contribution in [0, 0.1) is 13.8 Å². The first-order valence-electron chi connectivity index (χ1n) is 8.24. The minimum Gasteiger partial charge on any atom is -0.479 e. The molecule has 0 saturated heterocycles. The molecule has 0 bridgehead atoms. The lowest BCUT2D eigenvalue weighted by molar-refractivity contribution is -0.143. The highest BCUT2D eigenvalue weighted by Gasteiger charge is 2.37. The molecule has 1 aromatic heterocycles. The summed E-state index contributed by atoms with van der Waals surface area (Å²) in [5.41, 5.74) is 4.23. The van der Waals surface area contributed by atoms with Gasteiger partial charge in [0.1, 0.15) is 0 Å². The summed E-state index contributed by atoms with van der Waals surface area (Å²) in [7, 11) is 0. The number of nitrogens with zero attached hydrogens (tertiary/aromatic N) is 2. The molecule has 0 aliphatic carbocycles. The molecule has 1 atom stereocenters. The Balaban J connectivity index is 2.03. The molecule has 0 spiro atoms. The van der Waals surface area contributed by atoms with Gasteiger partial charge >= 0.3 is 5.97 Å². The molecule has 0 radical (unpaired) electrons.